The van der Waals surface area contributed by atoms with Crippen LogP contribution in [-0.2, 0) is 0 Å². The molecule has 2 fully saturated rings. The van der Waals surface area contributed by atoms with Gasteiger partial charge in [-0.3, -0.25) is 9.59 Å². The molecule has 1 N–H and O–H groups in total. The van der Waals surface area contributed by atoms with Crippen molar-refractivity contribution in [2.75, 3.05) is 31.1 Å². The van der Waals surface area contributed by atoms with Crippen LogP contribution in [0.3, 0.4) is 0 Å². The number of hydrogen-bond donors (Lipinski definition) is 1. The topological polar surface area (TPSA) is 95.1 Å². The van der Waals surface area contributed by atoms with Crippen LogP contribution in [0.15, 0.2) is 29.3 Å². The molecule has 8 nitrogen and oxygen atoms in total. The summed E-state index contributed by atoms with van der Waals surface area (Å²) in [4.78, 5) is 33.9. The normalized spacial score (nSPS) is 17.8. The average Bonchev–Trinajstić information content (AvgIpc) is 3.47. The molecule has 2 aromatic rings. The molecule has 0 aromatic carbocycles. The molecule has 8 heteroatoms. The molecule has 124 valence electrons. The summed E-state index contributed by atoms with van der Waals surface area (Å²) in [7, 11) is 0. The van der Waals surface area contributed by atoms with Crippen molar-refractivity contribution in [1.29, 1.82) is 0 Å². The van der Waals surface area contributed by atoms with E-state index in [-0.39, 0.29) is 17.2 Å². The second kappa shape index (κ2) is 6.03. The first-order valence-electron chi connectivity index (χ1n) is 8.13. The number of carbonyl (C=O) groups is 1. The van der Waals surface area contributed by atoms with E-state index in [0.29, 0.717) is 32.1 Å². The quantitative estimate of drug-likeness (QED) is 0.877. The third-order valence-corrected chi connectivity index (χ3v) is 4.45. The summed E-state index contributed by atoms with van der Waals surface area (Å²) in [6.45, 7) is 2.51. The maximum atomic E-state index is 12.4. The van der Waals surface area contributed by atoms with E-state index in [2.05, 4.69) is 31.1 Å². The lowest BCUT2D eigenvalue weighted by Gasteiger charge is -2.35. The Labute approximate surface area is 138 Å². The first kappa shape index (κ1) is 14.8. The van der Waals surface area contributed by atoms with Crippen molar-refractivity contribution < 1.29 is 4.79 Å². The highest BCUT2D eigenvalue weighted by molar-refractivity contribution is 5.92. The molecule has 1 aliphatic carbocycles. The molecule has 0 bridgehead atoms. The van der Waals surface area contributed by atoms with Crippen LogP contribution in [0, 0.1) is 0 Å². The maximum absolute atomic E-state index is 12.4. The number of amides is 1. The minimum Gasteiger partial charge on any atom is -0.352 e. The van der Waals surface area contributed by atoms with Crippen LogP contribution in [0.25, 0.3) is 0 Å². The third-order valence-electron chi connectivity index (χ3n) is 4.45. The molecule has 2 aromatic heterocycles. The second-order valence-corrected chi connectivity index (χ2v) is 6.17. The van der Waals surface area contributed by atoms with E-state index in [0.717, 1.165) is 11.5 Å². The fourth-order valence-corrected chi connectivity index (χ4v) is 2.89. The average molecular weight is 326 g/mol. The highest BCUT2D eigenvalue weighted by Crippen LogP contribution is 2.38. The van der Waals surface area contributed by atoms with Gasteiger partial charge in [0.05, 0.1) is 12.0 Å². The molecule has 2 aliphatic rings. The van der Waals surface area contributed by atoms with E-state index in [1.54, 1.807) is 4.90 Å². The SMILES string of the molecule is O=C(c1cc(=O)[nH]cn1)N1CCN(c2ccc(C3CC3)nn2)CC1. The molecule has 1 amide bonds. The highest BCUT2D eigenvalue weighted by atomic mass is 16.2. The van der Waals surface area contributed by atoms with Crippen molar-refractivity contribution in [3.8, 4) is 0 Å². The number of anilines is 1. The predicted octanol–water partition coefficient (Wildman–Crippen LogP) is 0.400. The fraction of sp³-hybridized carbons (Fsp3) is 0.438. The zero-order valence-corrected chi connectivity index (χ0v) is 13.2. The molecule has 24 heavy (non-hydrogen) atoms. The molecular weight excluding hydrogens is 308 g/mol. The van der Waals surface area contributed by atoms with Crippen molar-refractivity contribution in [3.63, 3.8) is 0 Å². The molecule has 1 aliphatic heterocycles. The van der Waals surface area contributed by atoms with Crippen molar-refractivity contribution in [2.45, 2.75) is 18.8 Å². The van der Waals surface area contributed by atoms with E-state index < -0.39 is 0 Å². The highest BCUT2D eigenvalue weighted by Gasteiger charge is 2.27. The minimum atomic E-state index is -0.321. The number of hydrogen-bond acceptors (Lipinski definition) is 6. The molecule has 0 atom stereocenters. The summed E-state index contributed by atoms with van der Waals surface area (Å²) in [6.07, 6.45) is 3.68. The molecule has 1 saturated heterocycles. The number of carbonyl (C=O) groups excluding carboxylic acids is 1. The number of aromatic nitrogens is 4. The van der Waals surface area contributed by atoms with Gasteiger partial charge in [-0.05, 0) is 25.0 Å². The van der Waals surface area contributed by atoms with Gasteiger partial charge in [-0.1, -0.05) is 0 Å². The Balaban J connectivity index is 1.39. The Kier molecular flexibility index (Phi) is 3.72. The van der Waals surface area contributed by atoms with Gasteiger partial charge < -0.3 is 14.8 Å². The van der Waals surface area contributed by atoms with E-state index in [1.165, 1.54) is 25.2 Å². The predicted molar refractivity (Wildman–Crippen MR) is 87.0 cm³/mol. The molecule has 4 rings (SSSR count). The van der Waals surface area contributed by atoms with Crippen molar-refractivity contribution in [3.05, 3.63) is 46.3 Å². The summed E-state index contributed by atoms with van der Waals surface area (Å²) in [6, 6.07) is 5.30. The van der Waals surface area contributed by atoms with Crippen LogP contribution >= 0.6 is 0 Å². The zero-order valence-electron chi connectivity index (χ0n) is 13.2. The van der Waals surface area contributed by atoms with Crippen molar-refractivity contribution >= 4 is 11.7 Å². The van der Waals surface area contributed by atoms with Gasteiger partial charge in [0, 0.05) is 38.2 Å². The van der Waals surface area contributed by atoms with Gasteiger partial charge in [0.15, 0.2) is 5.82 Å². The second-order valence-electron chi connectivity index (χ2n) is 6.17. The number of aromatic amines is 1. The van der Waals surface area contributed by atoms with Crippen LogP contribution in [0.5, 0.6) is 0 Å². The summed E-state index contributed by atoms with van der Waals surface area (Å²) in [5.74, 6) is 1.24. The lowest BCUT2D eigenvalue weighted by molar-refractivity contribution is 0.0740. The maximum Gasteiger partial charge on any atom is 0.272 e. The number of nitrogens with one attached hydrogen (secondary N) is 1. The van der Waals surface area contributed by atoms with Crippen LogP contribution < -0.4 is 10.5 Å². The molecular formula is C16H18N6O2. The summed E-state index contributed by atoms with van der Waals surface area (Å²) in [5.41, 5.74) is 0.937. The van der Waals surface area contributed by atoms with Crippen molar-refractivity contribution in [2.24, 2.45) is 0 Å². The lowest BCUT2D eigenvalue weighted by Crippen LogP contribution is -2.49. The number of nitrogens with zero attached hydrogens (tertiary/aromatic N) is 5. The van der Waals surface area contributed by atoms with Gasteiger partial charge in [-0.15, -0.1) is 5.10 Å². The Hall–Kier alpha value is -2.77. The van der Waals surface area contributed by atoms with Crippen LogP contribution in [0.1, 0.15) is 34.9 Å². The first-order chi connectivity index (χ1) is 11.7. The Morgan fingerprint density at radius 3 is 2.54 bits per heavy atom. The Bertz CT molecular complexity index is 791. The van der Waals surface area contributed by atoms with Gasteiger partial charge in [0.2, 0.25) is 0 Å². The molecule has 0 spiro atoms. The van der Waals surface area contributed by atoms with Crippen LogP contribution in [0.2, 0.25) is 0 Å². The standard InChI is InChI=1S/C16H18N6O2/c23-15-9-13(17-10-18-15)16(24)22-7-5-21(6-8-22)14-4-3-12(19-20-14)11-1-2-11/h3-4,9-11H,1-2,5-8H2,(H,17,18,23). The Morgan fingerprint density at radius 1 is 1.12 bits per heavy atom. The largest absolute Gasteiger partial charge is 0.352 e. The van der Waals surface area contributed by atoms with Crippen molar-refractivity contribution in [1.82, 2.24) is 25.1 Å². The smallest absolute Gasteiger partial charge is 0.272 e. The molecule has 1 saturated carbocycles. The van der Waals surface area contributed by atoms with Crippen LogP contribution in [0.4, 0.5) is 5.82 Å². The number of piperazine rings is 1. The summed E-state index contributed by atoms with van der Waals surface area (Å²) < 4.78 is 0. The Morgan fingerprint density at radius 2 is 1.92 bits per heavy atom. The molecule has 0 radical (unpaired) electrons. The first-order valence-corrected chi connectivity index (χ1v) is 8.13. The monoisotopic (exact) mass is 326 g/mol. The van der Waals surface area contributed by atoms with E-state index in [9.17, 15) is 9.59 Å². The number of H-pyrrole nitrogens is 1. The van der Waals surface area contributed by atoms with Gasteiger partial charge in [0.1, 0.15) is 5.69 Å². The molecule has 3 heterocycles. The number of rotatable bonds is 3. The van der Waals surface area contributed by atoms with Crippen LogP contribution in [-0.4, -0.2) is 57.2 Å². The third kappa shape index (κ3) is 2.99. The van der Waals surface area contributed by atoms with E-state index in [1.807, 2.05) is 6.07 Å². The summed E-state index contributed by atoms with van der Waals surface area (Å²) in [5, 5.41) is 8.62. The van der Waals surface area contributed by atoms with E-state index in [4.69, 9.17) is 0 Å². The zero-order chi connectivity index (χ0) is 16.5. The van der Waals surface area contributed by atoms with Gasteiger partial charge >= 0.3 is 0 Å². The van der Waals surface area contributed by atoms with Gasteiger partial charge in [-0.2, -0.15) is 5.10 Å². The van der Waals surface area contributed by atoms with Gasteiger partial charge in [0.25, 0.3) is 11.5 Å². The van der Waals surface area contributed by atoms with Gasteiger partial charge in [-0.25, -0.2) is 4.98 Å². The molecule has 0 unspecified atom stereocenters. The lowest BCUT2D eigenvalue weighted by atomic mass is 10.2. The minimum absolute atomic E-state index is 0.181. The van der Waals surface area contributed by atoms with E-state index >= 15 is 0 Å². The summed E-state index contributed by atoms with van der Waals surface area (Å²) >= 11 is 0. The fourth-order valence-electron chi connectivity index (χ4n) is 2.89.